The van der Waals surface area contributed by atoms with Crippen molar-refractivity contribution in [2.75, 3.05) is 19.7 Å². The summed E-state index contributed by atoms with van der Waals surface area (Å²) in [4.78, 5) is 14.3. The summed E-state index contributed by atoms with van der Waals surface area (Å²) in [7, 11) is 1.68. The van der Waals surface area contributed by atoms with E-state index in [1.807, 2.05) is 37.3 Å². The molecule has 2 aromatic rings. The molecule has 3 rings (SSSR count). The van der Waals surface area contributed by atoms with Crippen molar-refractivity contribution in [3.63, 3.8) is 0 Å². The molecule has 0 saturated carbocycles. The number of nitrogens with zero attached hydrogens (tertiary/aromatic N) is 3. The predicted molar refractivity (Wildman–Crippen MR) is 100 cm³/mol. The molecular weight excluding hydrogens is 314 g/mol. The van der Waals surface area contributed by atoms with Crippen LogP contribution >= 0.6 is 0 Å². The van der Waals surface area contributed by atoms with Crippen LogP contribution in [0.5, 0.6) is 5.75 Å². The Morgan fingerprint density at radius 3 is 2.68 bits per heavy atom. The highest BCUT2D eigenvalue weighted by molar-refractivity contribution is 5.60. The van der Waals surface area contributed by atoms with Gasteiger partial charge in [-0.15, -0.1) is 0 Å². The molecule has 1 unspecified atom stereocenters. The minimum atomic E-state index is -0.0592. The lowest BCUT2D eigenvalue weighted by Gasteiger charge is -2.20. The van der Waals surface area contributed by atoms with E-state index in [9.17, 15) is 4.79 Å². The Kier molecular flexibility index (Phi) is 5.53. The van der Waals surface area contributed by atoms with E-state index >= 15 is 0 Å². The summed E-state index contributed by atoms with van der Waals surface area (Å²) in [6, 6.07) is 10.5. The van der Waals surface area contributed by atoms with Crippen LogP contribution < -0.4 is 10.3 Å². The van der Waals surface area contributed by atoms with E-state index < -0.39 is 0 Å². The fourth-order valence-corrected chi connectivity index (χ4v) is 3.40. The lowest BCUT2D eigenvalue weighted by molar-refractivity contribution is 0.230. The van der Waals surface area contributed by atoms with E-state index in [1.54, 1.807) is 7.05 Å². The molecule has 0 amide bonds. The van der Waals surface area contributed by atoms with E-state index in [4.69, 9.17) is 4.74 Å². The van der Waals surface area contributed by atoms with Gasteiger partial charge in [0, 0.05) is 30.8 Å². The highest BCUT2D eigenvalue weighted by Crippen LogP contribution is 2.21. The van der Waals surface area contributed by atoms with E-state index in [0.29, 0.717) is 5.56 Å². The molecular formula is C20H27N3O2. The Hall–Kier alpha value is -2.14. The molecule has 0 radical (unpaired) electrons. The Balaban J connectivity index is 1.54. The van der Waals surface area contributed by atoms with Gasteiger partial charge in [0.2, 0.25) is 0 Å². The molecule has 25 heavy (non-hydrogen) atoms. The number of rotatable bonds is 6. The second-order valence-electron chi connectivity index (χ2n) is 6.89. The summed E-state index contributed by atoms with van der Waals surface area (Å²) < 4.78 is 7.24. The van der Waals surface area contributed by atoms with Crippen LogP contribution in [0.15, 0.2) is 35.1 Å². The number of hydrogen-bond donors (Lipinski definition) is 0. The van der Waals surface area contributed by atoms with Crippen molar-refractivity contribution in [2.24, 2.45) is 7.05 Å². The van der Waals surface area contributed by atoms with E-state index in [1.165, 1.54) is 24.1 Å². The van der Waals surface area contributed by atoms with Crippen molar-refractivity contribution in [1.29, 1.82) is 0 Å². The summed E-state index contributed by atoms with van der Waals surface area (Å²) in [6.45, 7) is 7.19. The third-order valence-corrected chi connectivity index (χ3v) is 4.94. The molecule has 0 spiro atoms. The first kappa shape index (κ1) is 17.7. The van der Waals surface area contributed by atoms with Gasteiger partial charge in [0.05, 0.1) is 12.3 Å². The summed E-state index contributed by atoms with van der Waals surface area (Å²) in [6.07, 6.45) is 3.69. The number of aromatic nitrogens is 2. The fourth-order valence-electron chi connectivity index (χ4n) is 3.40. The fraction of sp³-hybridized carbons (Fsp3) is 0.500. The van der Waals surface area contributed by atoms with Crippen LogP contribution in [0.4, 0.5) is 0 Å². The van der Waals surface area contributed by atoms with Gasteiger partial charge in [-0.3, -0.25) is 4.79 Å². The van der Waals surface area contributed by atoms with E-state index in [2.05, 4.69) is 16.9 Å². The van der Waals surface area contributed by atoms with Crippen LogP contribution in [0, 0.1) is 6.92 Å². The zero-order valence-corrected chi connectivity index (χ0v) is 15.4. The standard InChI is InChI=1S/C20H27N3O2/c1-15-14-19(21-22(3)20(15)24)17-7-9-18(10-8-17)25-13-5-12-23-11-4-6-16(23)2/h7-10,14,16H,4-6,11-13H2,1-3H3. The quantitative estimate of drug-likeness (QED) is 0.758. The van der Waals surface area contributed by atoms with Crippen LogP contribution in [0.1, 0.15) is 31.7 Å². The Morgan fingerprint density at radius 2 is 2.04 bits per heavy atom. The molecule has 5 heteroatoms. The minimum Gasteiger partial charge on any atom is -0.494 e. The van der Waals surface area contributed by atoms with Crippen LogP contribution in [0.2, 0.25) is 0 Å². The maximum absolute atomic E-state index is 11.7. The average Bonchev–Trinajstić information content (AvgIpc) is 3.02. The highest BCUT2D eigenvalue weighted by Gasteiger charge is 2.19. The van der Waals surface area contributed by atoms with Gasteiger partial charge >= 0.3 is 0 Å². The molecule has 5 nitrogen and oxygen atoms in total. The van der Waals surface area contributed by atoms with Gasteiger partial charge in [0.25, 0.3) is 5.56 Å². The van der Waals surface area contributed by atoms with Gasteiger partial charge in [0.1, 0.15) is 5.75 Å². The summed E-state index contributed by atoms with van der Waals surface area (Å²) in [5, 5.41) is 4.32. The maximum Gasteiger partial charge on any atom is 0.269 e. The van der Waals surface area contributed by atoms with Crippen LogP contribution in [0.25, 0.3) is 11.3 Å². The highest BCUT2D eigenvalue weighted by atomic mass is 16.5. The molecule has 1 atom stereocenters. The number of hydrogen-bond acceptors (Lipinski definition) is 4. The van der Waals surface area contributed by atoms with Gasteiger partial charge in [-0.25, -0.2) is 4.68 Å². The molecule has 1 fully saturated rings. The summed E-state index contributed by atoms with van der Waals surface area (Å²) >= 11 is 0. The largest absolute Gasteiger partial charge is 0.494 e. The minimum absolute atomic E-state index is 0.0592. The first-order valence-corrected chi connectivity index (χ1v) is 9.07. The lowest BCUT2D eigenvalue weighted by atomic mass is 10.1. The first-order valence-electron chi connectivity index (χ1n) is 9.07. The molecule has 134 valence electrons. The van der Waals surface area contributed by atoms with Crippen LogP contribution in [0.3, 0.4) is 0 Å². The average molecular weight is 341 g/mol. The van der Waals surface area contributed by atoms with Gasteiger partial charge in [-0.2, -0.15) is 5.10 Å². The van der Waals surface area contributed by atoms with Crippen molar-refractivity contribution in [3.8, 4) is 17.0 Å². The molecule has 0 bridgehead atoms. The molecule has 0 N–H and O–H groups in total. The first-order chi connectivity index (χ1) is 12.0. The Labute approximate surface area is 149 Å². The molecule has 1 aromatic carbocycles. The third-order valence-electron chi connectivity index (χ3n) is 4.94. The second-order valence-corrected chi connectivity index (χ2v) is 6.89. The molecule has 2 heterocycles. The Bertz CT molecular complexity index is 741. The van der Waals surface area contributed by atoms with Crippen molar-refractivity contribution in [1.82, 2.24) is 14.7 Å². The Morgan fingerprint density at radius 1 is 1.28 bits per heavy atom. The number of likely N-dealkylation sites (tertiary alicyclic amines) is 1. The topological polar surface area (TPSA) is 47.4 Å². The normalized spacial score (nSPS) is 17.8. The van der Waals surface area contributed by atoms with E-state index in [0.717, 1.165) is 42.6 Å². The smallest absolute Gasteiger partial charge is 0.269 e. The van der Waals surface area contributed by atoms with Crippen molar-refractivity contribution < 1.29 is 4.74 Å². The van der Waals surface area contributed by atoms with Crippen molar-refractivity contribution in [3.05, 3.63) is 46.2 Å². The molecule has 1 aliphatic rings. The zero-order valence-electron chi connectivity index (χ0n) is 15.4. The van der Waals surface area contributed by atoms with Gasteiger partial charge in [-0.1, -0.05) is 0 Å². The van der Waals surface area contributed by atoms with E-state index in [-0.39, 0.29) is 5.56 Å². The van der Waals surface area contributed by atoms with Gasteiger partial charge < -0.3 is 9.64 Å². The molecule has 1 aromatic heterocycles. The summed E-state index contributed by atoms with van der Waals surface area (Å²) in [5.74, 6) is 0.875. The molecule has 0 aliphatic carbocycles. The number of aryl methyl sites for hydroxylation is 2. The second kappa shape index (κ2) is 7.83. The maximum atomic E-state index is 11.7. The number of benzene rings is 1. The van der Waals surface area contributed by atoms with Crippen molar-refractivity contribution in [2.45, 2.75) is 39.2 Å². The molecule has 1 saturated heterocycles. The lowest BCUT2D eigenvalue weighted by Crippen LogP contribution is -2.28. The monoisotopic (exact) mass is 341 g/mol. The van der Waals surface area contributed by atoms with Gasteiger partial charge in [0.15, 0.2) is 0 Å². The van der Waals surface area contributed by atoms with Crippen LogP contribution in [-0.2, 0) is 7.05 Å². The SMILES string of the molecule is Cc1cc(-c2ccc(OCCCN3CCCC3C)cc2)nn(C)c1=O. The predicted octanol–water partition coefficient (Wildman–Crippen LogP) is 3.01. The number of ether oxygens (including phenoxy) is 1. The summed E-state index contributed by atoms with van der Waals surface area (Å²) in [5.41, 5.74) is 2.42. The zero-order chi connectivity index (χ0) is 17.8. The molecule has 1 aliphatic heterocycles. The van der Waals surface area contributed by atoms with Crippen LogP contribution in [-0.4, -0.2) is 40.4 Å². The van der Waals surface area contributed by atoms with Crippen molar-refractivity contribution >= 4 is 0 Å². The van der Waals surface area contributed by atoms with Gasteiger partial charge in [-0.05, 0) is 70.0 Å². The third kappa shape index (κ3) is 4.28.